The summed E-state index contributed by atoms with van der Waals surface area (Å²) in [6.07, 6.45) is 2.50. The van der Waals surface area contributed by atoms with Gasteiger partial charge in [0.25, 0.3) is 0 Å². The first-order chi connectivity index (χ1) is 8.96. The number of carbonyl (C=O) groups excluding carboxylic acids is 1. The highest BCUT2D eigenvalue weighted by Gasteiger charge is 2.30. The molecule has 4 nitrogen and oxygen atoms in total. The van der Waals surface area contributed by atoms with Gasteiger partial charge in [-0.05, 0) is 46.2 Å². The van der Waals surface area contributed by atoms with Crippen LogP contribution in [0.4, 0.5) is 4.79 Å². The van der Waals surface area contributed by atoms with Crippen LogP contribution in [0.25, 0.3) is 0 Å². The summed E-state index contributed by atoms with van der Waals surface area (Å²) < 4.78 is 0.195. The Hall–Kier alpha value is -0.420. The number of rotatable bonds is 2. The minimum absolute atomic E-state index is 0.126. The zero-order valence-electron chi connectivity index (χ0n) is 12.4. The molecule has 0 saturated carbocycles. The molecule has 0 aromatic carbocycles. The summed E-state index contributed by atoms with van der Waals surface area (Å²) in [5.74, 6) is 1.67. The quantitative estimate of drug-likeness (QED) is 0.841. The number of likely N-dealkylation sites (tertiary alicyclic amines) is 1. The Morgan fingerprint density at radius 3 is 2.89 bits per heavy atom. The van der Waals surface area contributed by atoms with Crippen LogP contribution in [0.5, 0.6) is 0 Å². The molecule has 2 rings (SSSR count). The van der Waals surface area contributed by atoms with Crippen molar-refractivity contribution in [3.63, 3.8) is 0 Å². The van der Waals surface area contributed by atoms with E-state index >= 15 is 0 Å². The number of nitrogens with one attached hydrogen (secondary N) is 1. The van der Waals surface area contributed by atoms with Crippen LogP contribution < -0.4 is 5.32 Å². The van der Waals surface area contributed by atoms with Crippen molar-refractivity contribution in [1.29, 1.82) is 0 Å². The zero-order chi connectivity index (χ0) is 13.9. The molecule has 2 aliphatic rings. The molecule has 110 valence electrons. The Balaban J connectivity index is 1.74. The Morgan fingerprint density at radius 2 is 2.21 bits per heavy atom. The number of hydrogen-bond donors (Lipinski definition) is 1. The lowest BCUT2D eigenvalue weighted by atomic mass is 9.98. The zero-order valence-corrected chi connectivity index (χ0v) is 13.3. The lowest BCUT2D eigenvalue weighted by molar-refractivity contribution is 0.180. The summed E-state index contributed by atoms with van der Waals surface area (Å²) in [6, 6.07) is 0.126. The maximum atomic E-state index is 12.2. The third-order valence-corrected chi connectivity index (χ3v) is 5.27. The molecule has 2 fully saturated rings. The second-order valence-electron chi connectivity index (χ2n) is 6.49. The van der Waals surface area contributed by atoms with Crippen LogP contribution >= 0.6 is 11.8 Å². The molecule has 2 saturated heterocycles. The van der Waals surface area contributed by atoms with E-state index in [1.165, 1.54) is 19.4 Å². The number of piperidine rings is 1. The molecule has 0 radical (unpaired) electrons. The second kappa shape index (κ2) is 6.35. The topological polar surface area (TPSA) is 35.6 Å². The van der Waals surface area contributed by atoms with E-state index in [0.29, 0.717) is 5.92 Å². The molecular weight excluding hydrogens is 258 g/mol. The van der Waals surface area contributed by atoms with Crippen LogP contribution in [-0.2, 0) is 0 Å². The van der Waals surface area contributed by atoms with Gasteiger partial charge in [0.05, 0.1) is 0 Å². The molecule has 2 amide bonds. The Kier molecular flexibility index (Phi) is 5.01. The summed E-state index contributed by atoms with van der Waals surface area (Å²) in [5, 5.41) is 3.13. The molecule has 0 spiro atoms. The number of carbonyl (C=O) groups is 1. The lowest BCUT2D eigenvalue weighted by Gasteiger charge is -2.38. The minimum atomic E-state index is 0.126. The van der Waals surface area contributed by atoms with Gasteiger partial charge in [0.2, 0.25) is 0 Å². The van der Waals surface area contributed by atoms with Gasteiger partial charge in [0, 0.05) is 36.7 Å². The predicted molar refractivity (Wildman–Crippen MR) is 81.7 cm³/mol. The van der Waals surface area contributed by atoms with Crippen molar-refractivity contribution in [1.82, 2.24) is 15.1 Å². The number of urea groups is 1. The van der Waals surface area contributed by atoms with Crippen molar-refractivity contribution < 1.29 is 4.79 Å². The highest BCUT2D eigenvalue weighted by molar-refractivity contribution is 8.00. The second-order valence-corrected chi connectivity index (χ2v) is 8.29. The first-order valence-corrected chi connectivity index (χ1v) is 8.30. The predicted octanol–water partition coefficient (Wildman–Crippen LogP) is 1.87. The number of amides is 2. The normalized spacial score (nSPS) is 28.2. The van der Waals surface area contributed by atoms with Crippen LogP contribution in [0.3, 0.4) is 0 Å². The van der Waals surface area contributed by atoms with E-state index in [2.05, 4.69) is 31.1 Å². The number of hydrogen-bond acceptors (Lipinski definition) is 3. The number of thioether (sulfide) groups is 1. The first kappa shape index (κ1) is 15.0. The van der Waals surface area contributed by atoms with Crippen molar-refractivity contribution in [3.8, 4) is 0 Å². The number of nitrogens with zero attached hydrogens (tertiary/aromatic N) is 2. The third-order valence-electron chi connectivity index (χ3n) is 3.98. The van der Waals surface area contributed by atoms with E-state index < -0.39 is 0 Å². The van der Waals surface area contributed by atoms with E-state index in [1.807, 2.05) is 16.7 Å². The first-order valence-electron chi connectivity index (χ1n) is 7.31. The van der Waals surface area contributed by atoms with Gasteiger partial charge in [0.1, 0.15) is 0 Å². The highest BCUT2D eigenvalue weighted by Crippen LogP contribution is 2.29. The average Bonchev–Trinajstić information content (AvgIpc) is 2.35. The van der Waals surface area contributed by atoms with Crippen molar-refractivity contribution in [2.75, 3.05) is 45.5 Å². The summed E-state index contributed by atoms with van der Waals surface area (Å²) in [4.78, 5) is 16.5. The summed E-state index contributed by atoms with van der Waals surface area (Å²) in [7, 11) is 2.17. The molecule has 5 heteroatoms. The molecule has 1 unspecified atom stereocenters. The van der Waals surface area contributed by atoms with Crippen LogP contribution in [-0.4, -0.2) is 66.1 Å². The Morgan fingerprint density at radius 1 is 1.42 bits per heavy atom. The van der Waals surface area contributed by atoms with Gasteiger partial charge < -0.3 is 15.1 Å². The highest BCUT2D eigenvalue weighted by atomic mass is 32.2. The summed E-state index contributed by atoms with van der Waals surface area (Å²) >= 11 is 1.96. The van der Waals surface area contributed by atoms with E-state index in [0.717, 1.165) is 31.9 Å². The molecule has 0 aromatic heterocycles. The maximum absolute atomic E-state index is 12.2. The molecule has 1 atom stereocenters. The Bertz CT molecular complexity index is 322. The standard InChI is InChI=1S/C14H27N3OS/c1-14(2)11-17(7-8-19-14)13(18)15-9-12-5-4-6-16(3)10-12/h12H,4-11H2,1-3H3,(H,15,18). The fourth-order valence-electron chi connectivity index (χ4n) is 2.97. The molecule has 0 aromatic rings. The Labute approximate surface area is 121 Å². The van der Waals surface area contributed by atoms with Gasteiger partial charge in [-0.3, -0.25) is 0 Å². The third kappa shape index (κ3) is 4.56. The summed E-state index contributed by atoms with van der Waals surface area (Å²) in [6.45, 7) is 9.30. The van der Waals surface area contributed by atoms with Crippen molar-refractivity contribution in [2.45, 2.75) is 31.4 Å². The van der Waals surface area contributed by atoms with Gasteiger partial charge in [-0.15, -0.1) is 0 Å². The average molecular weight is 285 g/mol. The van der Waals surface area contributed by atoms with Crippen LogP contribution in [0.1, 0.15) is 26.7 Å². The van der Waals surface area contributed by atoms with Crippen LogP contribution in [0.15, 0.2) is 0 Å². The molecule has 0 bridgehead atoms. The van der Waals surface area contributed by atoms with Gasteiger partial charge in [-0.1, -0.05) is 0 Å². The van der Waals surface area contributed by atoms with E-state index in [4.69, 9.17) is 0 Å². The monoisotopic (exact) mass is 285 g/mol. The van der Waals surface area contributed by atoms with Crippen LogP contribution in [0.2, 0.25) is 0 Å². The van der Waals surface area contributed by atoms with Gasteiger partial charge in [-0.25, -0.2) is 4.79 Å². The molecule has 2 heterocycles. The lowest BCUT2D eigenvalue weighted by Crippen LogP contribution is -2.51. The van der Waals surface area contributed by atoms with Gasteiger partial charge in [-0.2, -0.15) is 11.8 Å². The maximum Gasteiger partial charge on any atom is 0.317 e. The van der Waals surface area contributed by atoms with Crippen molar-refractivity contribution in [3.05, 3.63) is 0 Å². The van der Waals surface area contributed by atoms with E-state index in [9.17, 15) is 4.79 Å². The SMILES string of the molecule is CN1CCCC(CNC(=O)N2CCSC(C)(C)C2)C1. The molecule has 1 N–H and O–H groups in total. The van der Waals surface area contributed by atoms with Crippen LogP contribution in [0, 0.1) is 5.92 Å². The molecule has 2 aliphatic heterocycles. The minimum Gasteiger partial charge on any atom is -0.338 e. The summed E-state index contributed by atoms with van der Waals surface area (Å²) in [5.41, 5.74) is 0. The van der Waals surface area contributed by atoms with Crippen molar-refractivity contribution in [2.24, 2.45) is 5.92 Å². The fraction of sp³-hybridized carbons (Fsp3) is 0.929. The van der Waals surface area contributed by atoms with Gasteiger partial charge in [0.15, 0.2) is 0 Å². The fourth-order valence-corrected chi connectivity index (χ4v) is 4.08. The molecular formula is C14H27N3OS. The van der Waals surface area contributed by atoms with E-state index in [1.54, 1.807) is 0 Å². The van der Waals surface area contributed by atoms with Crippen molar-refractivity contribution >= 4 is 17.8 Å². The molecule has 0 aliphatic carbocycles. The smallest absolute Gasteiger partial charge is 0.317 e. The van der Waals surface area contributed by atoms with Gasteiger partial charge >= 0.3 is 6.03 Å². The van der Waals surface area contributed by atoms with E-state index in [-0.39, 0.29) is 10.8 Å². The molecule has 19 heavy (non-hydrogen) atoms. The largest absolute Gasteiger partial charge is 0.338 e.